The van der Waals surface area contributed by atoms with Crippen molar-refractivity contribution >= 4 is 5.91 Å². The van der Waals surface area contributed by atoms with Crippen molar-refractivity contribution in [3.8, 4) is 0 Å². The highest BCUT2D eigenvalue weighted by molar-refractivity contribution is 5.76. The average Bonchev–Trinajstić information content (AvgIpc) is 3.40. The lowest BCUT2D eigenvalue weighted by molar-refractivity contribution is -0.123. The summed E-state index contributed by atoms with van der Waals surface area (Å²) in [5, 5.41) is 23.2. The van der Waals surface area contributed by atoms with Gasteiger partial charge in [-0.2, -0.15) is 0 Å². The van der Waals surface area contributed by atoms with Crippen molar-refractivity contribution in [1.29, 1.82) is 0 Å². The first-order valence-corrected chi connectivity index (χ1v) is 33.9. The van der Waals surface area contributed by atoms with Crippen LogP contribution in [0, 0.1) is 0 Å². The quantitative estimate of drug-likeness (QED) is 0.0420. The third-order valence-electron chi connectivity index (χ3n) is 15.8. The summed E-state index contributed by atoms with van der Waals surface area (Å²) in [5.41, 5.74) is 0. The lowest BCUT2D eigenvalue weighted by atomic mass is 10.0. The molecule has 0 aromatic heterocycles. The predicted molar refractivity (Wildman–Crippen MR) is 331 cm³/mol. The van der Waals surface area contributed by atoms with Crippen LogP contribution in [-0.4, -0.2) is 34.9 Å². The lowest BCUT2D eigenvalue weighted by Gasteiger charge is -2.19. The van der Waals surface area contributed by atoms with Crippen LogP contribution in [-0.2, 0) is 4.79 Å². The zero-order valence-corrected chi connectivity index (χ0v) is 50.4. The van der Waals surface area contributed by atoms with Gasteiger partial charge in [0.05, 0.1) is 18.8 Å². The fraction of sp³-hybridized carbons (Fsp3) is 0.871. The molecule has 2 atom stereocenters. The number of unbranched alkanes of at least 4 members (excludes halogenated alkanes) is 50. The van der Waals surface area contributed by atoms with Crippen LogP contribution in [0.4, 0.5) is 0 Å². The third kappa shape index (κ3) is 61.2. The number of nitrogens with one attached hydrogen (secondary N) is 1. The molecule has 436 valence electrons. The SMILES string of the molecule is CCCCCCCCCC/C=C\CCCCCCCCCCCCCCCCCCCCCC(=O)NC(CO)C(O)/C=C/CC/C=C/CC/C=C/CCCCCCCCCCCCCCCCCCCCCCC. The Morgan fingerprint density at radius 1 is 0.311 bits per heavy atom. The molecule has 0 aliphatic carbocycles. The van der Waals surface area contributed by atoms with E-state index in [-0.39, 0.29) is 12.5 Å². The Balaban J connectivity index is 3.48. The molecule has 0 fully saturated rings. The van der Waals surface area contributed by atoms with E-state index in [2.05, 4.69) is 55.6 Å². The molecule has 2 unspecified atom stereocenters. The van der Waals surface area contributed by atoms with Gasteiger partial charge in [-0.15, -0.1) is 0 Å². The van der Waals surface area contributed by atoms with E-state index in [4.69, 9.17) is 0 Å². The molecule has 0 bridgehead atoms. The molecule has 0 rings (SSSR count). The van der Waals surface area contributed by atoms with Crippen molar-refractivity contribution < 1.29 is 15.0 Å². The van der Waals surface area contributed by atoms with Crippen LogP contribution in [0.1, 0.15) is 373 Å². The summed E-state index contributed by atoms with van der Waals surface area (Å²) in [6, 6.07) is -0.647. The number of carbonyl (C=O) groups is 1. The Kier molecular flexibility index (Phi) is 64.2. The van der Waals surface area contributed by atoms with Crippen LogP contribution in [0.15, 0.2) is 48.6 Å². The van der Waals surface area contributed by atoms with Crippen LogP contribution in [0.5, 0.6) is 0 Å². The van der Waals surface area contributed by atoms with Gasteiger partial charge in [-0.1, -0.05) is 345 Å². The van der Waals surface area contributed by atoms with Gasteiger partial charge in [0.2, 0.25) is 5.91 Å². The second-order valence-electron chi connectivity index (χ2n) is 23.2. The first-order valence-electron chi connectivity index (χ1n) is 33.9. The van der Waals surface area contributed by atoms with E-state index in [0.717, 1.165) is 38.5 Å². The number of hydrogen-bond acceptors (Lipinski definition) is 3. The summed E-state index contributed by atoms with van der Waals surface area (Å²) in [6.07, 6.45) is 92.0. The number of rotatable bonds is 63. The van der Waals surface area contributed by atoms with Gasteiger partial charge < -0.3 is 15.5 Å². The molecule has 1 amide bonds. The first-order chi connectivity index (χ1) is 36.7. The molecule has 0 saturated heterocycles. The van der Waals surface area contributed by atoms with E-state index >= 15 is 0 Å². The number of hydrogen-bond donors (Lipinski definition) is 3. The van der Waals surface area contributed by atoms with Gasteiger partial charge in [-0.05, 0) is 70.6 Å². The number of aliphatic hydroxyl groups excluding tert-OH is 2. The first kappa shape index (κ1) is 72.3. The molecule has 3 N–H and O–H groups in total. The second kappa shape index (κ2) is 65.6. The molecule has 0 aromatic rings. The Hall–Kier alpha value is -1.65. The topological polar surface area (TPSA) is 69.6 Å². The summed E-state index contributed by atoms with van der Waals surface area (Å²) < 4.78 is 0. The van der Waals surface area contributed by atoms with Gasteiger partial charge in [0.25, 0.3) is 0 Å². The van der Waals surface area contributed by atoms with Crippen molar-refractivity contribution in [3.63, 3.8) is 0 Å². The maximum atomic E-state index is 12.5. The summed E-state index contributed by atoms with van der Waals surface area (Å²) >= 11 is 0. The van der Waals surface area contributed by atoms with Gasteiger partial charge in [0.15, 0.2) is 0 Å². The van der Waals surface area contributed by atoms with E-state index in [0.29, 0.717) is 6.42 Å². The van der Waals surface area contributed by atoms with E-state index in [9.17, 15) is 15.0 Å². The third-order valence-corrected chi connectivity index (χ3v) is 15.8. The normalized spacial score (nSPS) is 13.0. The summed E-state index contributed by atoms with van der Waals surface area (Å²) in [5.74, 6) is -0.0715. The van der Waals surface area contributed by atoms with E-state index in [1.807, 2.05) is 6.08 Å². The Morgan fingerprint density at radius 2 is 0.527 bits per heavy atom. The van der Waals surface area contributed by atoms with Crippen LogP contribution in [0.3, 0.4) is 0 Å². The van der Waals surface area contributed by atoms with Crippen molar-refractivity contribution in [2.45, 2.75) is 386 Å². The average molecular weight is 1040 g/mol. The van der Waals surface area contributed by atoms with Gasteiger partial charge in [0, 0.05) is 6.42 Å². The number of carbonyl (C=O) groups excluding carboxylic acids is 1. The van der Waals surface area contributed by atoms with Gasteiger partial charge in [-0.25, -0.2) is 0 Å². The molecule has 0 radical (unpaired) electrons. The minimum absolute atomic E-state index is 0.0715. The van der Waals surface area contributed by atoms with Crippen molar-refractivity contribution in [3.05, 3.63) is 48.6 Å². The summed E-state index contributed by atoms with van der Waals surface area (Å²) in [7, 11) is 0. The maximum absolute atomic E-state index is 12.5. The fourth-order valence-corrected chi connectivity index (χ4v) is 10.6. The fourth-order valence-electron chi connectivity index (χ4n) is 10.6. The number of aliphatic hydroxyl groups is 2. The van der Waals surface area contributed by atoms with E-state index < -0.39 is 12.1 Å². The molecular weight excluding hydrogens is 903 g/mol. The molecule has 0 spiro atoms. The number of allylic oxidation sites excluding steroid dienone is 7. The molecule has 0 aromatic carbocycles. The number of amides is 1. The second-order valence-corrected chi connectivity index (χ2v) is 23.2. The minimum atomic E-state index is -0.872. The minimum Gasteiger partial charge on any atom is -0.394 e. The standard InChI is InChI=1S/C70H133NO3/c1-3-5-7-9-11-13-15-17-19-21-23-25-27-29-31-33-35-37-39-41-43-45-47-49-51-53-55-57-59-61-63-65-69(73)68(67-72)71-70(74)66-64-62-60-58-56-54-52-50-48-46-44-42-40-38-36-34-32-30-28-26-24-22-20-18-16-14-12-10-8-6-4-2/h22,24,47,49,55,57,63,65,68-69,72-73H,3-21,23,25-46,48,50-54,56,58-62,64,66-67H2,1-2H3,(H,71,74)/b24-22-,49-47+,57-55+,65-63+. The molecule has 4 heteroatoms. The van der Waals surface area contributed by atoms with Crippen LogP contribution >= 0.6 is 0 Å². The van der Waals surface area contributed by atoms with E-state index in [1.165, 1.54) is 315 Å². The Labute approximate surface area is 464 Å². The van der Waals surface area contributed by atoms with Gasteiger partial charge >= 0.3 is 0 Å². The van der Waals surface area contributed by atoms with E-state index in [1.54, 1.807) is 6.08 Å². The van der Waals surface area contributed by atoms with Crippen LogP contribution in [0.25, 0.3) is 0 Å². The molecular formula is C70H133NO3. The van der Waals surface area contributed by atoms with Crippen molar-refractivity contribution in [1.82, 2.24) is 5.32 Å². The zero-order valence-electron chi connectivity index (χ0n) is 50.4. The summed E-state index contributed by atoms with van der Waals surface area (Å²) in [6.45, 7) is 4.34. The van der Waals surface area contributed by atoms with Crippen molar-refractivity contribution in [2.75, 3.05) is 6.61 Å². The van der Waals surface area contributed by atoms with Gasteiger partial charge in [-0.3, -0.25) is 4.79 Å². The smallest absolute Gasteiger partial charge is 0.220 e. The van der Waals surface area contributed by atoms with Crippen LogP contribution in [0.2, 0.25) is 0 Å². The Morgan fingerprint density at radius 3 is 0.784 bits per heavy atom. The van der Waals surface area contributed by atoms with Crippen molar-refractivity contribution in [2.24, 2.45) is 0 Å². The monoisotopic (exact) mass is 1040 g/mol. The largest absolute Gasteiger partial charge is 0.394 e. The molecule has 0 aliphatic rings. The highest BCUT2D eigenvalue weighted by atomic mass is 16.3. The summed E-state index contributed by atoms with van der Waals surface area (Å²) in [4.78, 5) is 12.5. The zero-order chi connectivity index (χ0) is 53.4. The molecule has 74 heavy (non-hydrogen) atoms. The molecule has 4 nitrogen and oxygen atoms in total. The predicted octanol–water partition coefficient (Wildman–Crippen LogP) is 22.9. The highest BCUT2D eigenvalue weighted by Gasteiger charge is 2.18. The van der Waals surface area contributed by atoms with Crippen LogP contribution < -0.4 is 5.32 Å². The maximum Gasteiger partial charge on any atom is 0.220 e. The molecule has 0 heterocycles. The lowest BCUT2D eigenvalue weighted by Crippen LogP contribution is -2.45. The molecule has 0 saturated carbocycles. The Bertz CT molecular complexity index is 1170. The highest BCUT2D eigenvalue weighted by Crippen LogP contribution is 2.18. The molecule has 0 aliphatic heterocycles. The van der Waals surface area contributed by atoms with Gasteiger partial charge in [0.1, 0.15) is 0 Å².